The number of ether oxygens (including phenoxy) is 2. The third kappa shape index (κ3) is 7.07. The predicted octanol–water partition coefficient (Wildman–Crippen LogP) is 3.04. The molecule has 0 bridgehead atoms. The quantitative estimate of drug-likeness (QED) is 0.716. The molecule has 1 aromatic carbocycles. The molecule has 0 radical (unpaired) electrons. The Hall–Kier alpha value is -2.32. The van der Waals surface area contributed by atoms with Crippen molar-refractivity contribution in [3.8, 4) is 11.6 Å². The Morgan fingerprint density at radius 3 is 2.44 bits per heavy atom. The number of amides is 1. The lowest BCUT2D eigenvalue weighted by molar-refractivity contribution is 0.0981. The number of rotatable bonds is 8. The predicted molar refractivity (Wildman–Crippen MR) is 103 cm³/mol. The van der Waals surface area contributed by atoms with E-state index in [1.54, 1.807) is 18.2 Å². The molecule has 7 nitrogen and oxygen atoms in total. The van der Waals surface area contributed by atoms with Crippen molar-refractivity contribution >= 4 is 27.5 Å². The summed E-state index contributed by atoms with van der Waals surface area (Å²) in [5, 5.41) is 0.362. The average Bonchev–Trinajstić information content (AvgIpc) is 2.58. The Kier molecular flexibility index (Phi) is 7.04. The molecule has 0 aliphatic rings. The first-order chi connectivity index (χ1) is 12.6. The summed E-state index contributed by atoms with van der Waals surface area (Å²) in [6.45, 7) is 4.81. The third-order valence-corrected chi connectivity index (χ3v) is 4.06. The number of benzene rings is 1. The molecule has 146 valence electrons. The van der Waals surface area contributed by atoms with Crippen molar-refractivity contribution in [3.05, 3.63) is 52.7 Å². The maximum absolute atomic E-state index is 11.8. The van der Waals surface area contributed by atoms with Gasteiger partial charge in [-0.3, -0.25) is 4.79 Å². The number of nitrogens with one attached hydrogen (secondary N) is 1. The number of halogens is 1. The summed E-state index contributed by atoms with van der Waals surface area (Å²) in [4.78, 5) is 15.9. The highest BCUT2D eigenvalue weighted by Gasteiger charge is 2.11. The first-order valence-corrected chi connectivity index (χ1v) is 10.4. The number of sulfonamides is 1. The normalized spacial score (nSPS) is 11.3. The Morgan fingerprint density at radius 1 is 1.22 bits per heavy atom. The highest BCUT2D eigenvalue weighted by molar-refractivity contribution is 7.89. The van der Waals surface area contributed by atoms with E-state index in [2.05, 4.69) is 4.98 Å². The molecule has 1 N–H and O–H groups in total. The van der Waals surface area contributed by atoms with E-state index >= 15 is 0 Å². The lowest BCUT2D eigenvalue weighted by Crippen LogP contribution is -2.29. The van der Waals surface area contributed by atoms with Crippen LogP contribution in [0.1, 0.15) is 29.8 Å². The zero-order valence-corrected chi connectivity index (χ0v) is 16.8. The van der Waals surface area contributed by atoms with Gasteiger partial charge in [0.15, 0.2) is 0 Å². The van der Waals surface area contributed by atoms with Crippen LogP contribution in [-0.4, -0.2) is 32.2 Å². The Labute approximate surface area is 163 Å². The van der Waals surface area contributed by atoms with Gasteiger partial charge in [-0.15, -0.1) is 0 Å². The van der Waals surface area contributed by atoms with Gasteiger partial charge in [-0.2, -0.15) is 0 Å². The van der Waals surface area contributed by atoms with Gasteiger partial charge in [-0.05, 0) is 23.6 Å². The summed E-state index contributed by atoms with van der Waals surface area (Å²) in [5.74, 6) is 0.522. The number of hydrogen-bond donors (Lipinski definition) is 1. The van der Waals surface area contributed by atoms with Gasteiger partial charge in [-0.25, -0.2) is 18.1 Å². The molecular weight excluding hydrogens is 392 g/mol. The van der Waals surface area contributed by atoms with Crippen LogP contribution in [0.2, 0.25) is 5.02 Å². The van der Waals surface area contributed by atoms with Crippen molar-refractivity contribution in [1.82, 2.24) is 9.71 Å². The van der Waals surface area contributed by atoms with Gasteiger partial charge in [0.25, 0.3) is 5.91 Å². The number of carbonyl (C=O) groups is 1. The number of carbonyl (C=O) groups excluding carboxylic acids is 1. The van der Waals surface area contributed by atoms with Crippen LogP contribution in [0.25, 0.3) is 0 Å². The number of hydrogen-bond acceptors (Lipinski definition) is 6. The minimum absolute atomic E-state index is 0.234. The second-order valence-corrected chi connectivity index (χ2v) is 8.51. The van der Waals surface area contributed by atoms with Gasteiger partial charge < -0.3 is 9.47 Å². The van der Waals surface area contributed by atoms with Crippen molar-refractivity contribution in [2.45, 2.75) is 20.5 Å². The zero-order valence-electron chi connectivity index (χ0n) is 15.2. The summed E-state index contributed by atoms with van der Waals surface area (Å²) < 4.78 is 35.2. The monoisotopic (exact) mass is 412 g/mol. The molecule has 0 aliphatic heterocycles. The van der Waals surface area contributed by atoms with E-state index in [1.165, 1.54) is 18.3 Å². The highest BCUT2D eigenvalue weighted by atomic mass is 35.5. The smallest absolute Gasteiger partial charge is 0.264 e. The molecule has 1 aromatic heterocycles. The van der Waals surface area contributed by atoms with Crippen LogP contribution in [-0.2, 0) is 16.6 Å². The van der Waals surface area contributed by atoms with Crippen molar-refractivity contribution < 1.29 is 22.7 Å². The standard InChI is InChI=1S/C18H21ClN2O5S/c1-12(2)10-26-18-16(19)8-15(9-20-18)25-11-13-4-6-14(7-5-13)17(22)21-27(3,23)24/h4-9,12H,10-11H2,1-3H3,(H,21,22). The van der Waals surface area contributed by atoms with Gasteiger partial charge in [0, 0.05) is 11.6 Å². The molecule has 2 aromatic rings. The number of nitrogens with zero attached hydrogens (tertiary/aromatic N) is 1. The van der Waals surface area contributed by atoms with Gasteiger partial charge >= 0.3 is 0 Å². The second-order valence-electron chi connectivity index (χ2n) is 6.35. The molecule has 0 aliphatic carbocycles. The molecule has 0 atom stereocenters. The maximum Gasteiger partial charge on any atom is 0.264 e. The van der Waals surface area contributed by atoms with Gasteiger partial charge in [0.2, 0.25) is 15.9 Å². The van der Waals surface area contributed by atoms with Crippen LogP contribution >= 0.6 is 11.6 Å². The third-order valence-electron chi connectivity index (χ3n) is 3.24. The molecule has 27 heavy (non-hydrogen) atoms. The summed E-state index contributed by atoms with van der Waals surface area (Å²) in [6, 6.07) is 8.01. The fraction of sp³-hybridized carbons (Fsp3) is 0.333. The molecule has 1 heterocycles. The second kappa shape index (κ2) is 9.05. The maximum atomic E-state index is 11.8. The van der Waals surface area contributed by atoms with E-state index in [0.717, 1.165) is 11.8 Å². The van der Waals surface area contributed by atoms with E-state index in [1.807, 2.05) is 18.6 Å². The Balaban J connectivity index is 1.94. The van der Waals surface area contributed by atoms with Crippen molar-refractivity contribution in [3.63, 3.8) is 0 Å². The van der Waals surface area contributed by atoms with E-state index in [0.29, 0.717) is 29.2 Å². The molecule has 0 saturated heterocycles. The SMILES string of the molecule is CC(C)COc1ncc(OCc2ccc(C(=O)NS(C)(=O)=O)cc2)cc1Cl. The first kappa shape index (κ1) is 21.0. The fourth-order valence-electron chi connectivity index (χ4n) is 1.98. The fourth-order valence-corrected chi connectivity index (χ4v) is 2.65. The van der Waals surface area contributed by atoms with E-state index in [-0.39, 0.29) is 12.2 Å². The molecule has 0 saturated carbocycles. The van der Waals surface area contributed by atoms with Gasteiger partial charge in [0.05, 0.1) is 19.1 Å². The molecule has 1 amide bonds. The average molecular weight is 413 g/mol. The molecule has 0 fully saturated rings. The number of pyridine rings is 1. The van der Waals surface area contributed by atoms with Crippen LogP contribution in [0.4, 0.5) is 0 Å². The highest BCUT2D eigenvalue weighted by Crippen LogP contribution is 2.26. The first-order valence-electron chi connectivity index (χ1n) is 8.16. The van der Waals surface area contributed by atoms with E-state index < -0.39 is 15.9 Å². The zero-order chi connectivity index (χ0) is 20.0. The van der Waals surface area contributed by atoms with Crippen LogP contribution in [0, 0.1) is 5.92 Å². The van der Waals surface area contributed by atoms with Gasteiger partial charge in [0.1, 0.15) is 17.4 Å². The van der Waals surface area contributed by atoms with Crippen molar-refractivity contribution in [2.75, 3.05) is 12.9 Å². The molecule has 9 heteroatoms. The molecule has 0 unspecified atom stereocenters. The topological polar surface area (TPSA) is 94.6 Å². The van der Waals surface area contributed by atoms with Crippen molar-refractivity contribution in [2.24, 2.45) is 5.92 Å². The molecule has 2 rings (SSSR count). The molecular formula is C18H21ClN2O5S. The van der Waals surface area contributed by atoms with Crippen LogP contribution in [0.15, 0.2) is 36.5 Å². The summed E-state index contributed by atoms with van der Waals surface area (Å²) in [7, 11) is -3.60. The van der Waals surface area contributed by atoms with E-state index in [4.69, 9.17) is 21.1 Å². The minimum atomic E-state index is -3.60. The Bertz CT molecular complexity index is 898. The minimum Gasteiger partial charge on any atom is -0.487 e. The van der Waals surface area contributed by atoms with Crippen molar-refractivity contribution in [1.29, 1.82) is 0 Å². The van der Waals surface area contributed by atoms with E-state index in [9.17, 15) is 13.2 Å². The number of aromatic nitrogens is 1. The van der Waals surface area contributed by atoms with Crippen LogP contribution < -0.4 is 14.2 Å². The Morgan fingerprint density at radius 2 is 1.89 bits per heavy atom. The van der Waals surface area contributed by atoms with Crippen LogP contribution in [0.3, 0.4) is 0 Å². The van der Waals surface area contributed by atoms with Crippen LogP contribution in [0.5, 0.6) is 11.6 Å². The lowest BCUT2D eigenvalue weighted by atomic mass is 10.1. The molecule has 0 spiro atoms. The summed E-state index contributed by atoms with van der Waals surface area (Å²) >= 11 is 6.14. The largest absolute Gasteiger partial charge is 0.487 e. The van der Waals surface area contributed by atoms with Gasteiger partial charge in [-0.1, -0.05) is 37.6 Å². The lowest BCUT2D eigenvalue weighted by Gasteiger charge is -2.11. The summed E-state index contributed by atoms with van der Waals surface area (Å²) in [5.41, 5.74) is 1.03. The summed E-state index contributed by atoms with van der Waals surface area (Å²) in [6.07, 6.45) is 2.45.